The van der Waals surface area contributed by atoms with Crippen molar-refractivity contribution in [1.82, 2.24) is 4.98 Å². The Morgan fingerprint density at radius 1 is 1.29 bits per heavy atom. The van der Waals surface area contributed by atoms with E-state index < -0.39 is 34.8 Å². The molecule has 2 heterocycles. The Bertz CT molecular complexity index is 1150. The van der Waals surface area contributed by atoms with Crippen molar-refractivity contribution >= 4 is 69.3 Å². The van der Waals surface area contributed by atoms with Gasteiger partial charge in [0.2, 0.25) is 5.79 Å². The van der Waals surface area contributed by atoms with Crippen LogP contribution in [0, 0.1) is 13.8 Å². The van der Waals surface area contributed by atoms with Gasteiger partial charge in [-0.15, -0.1) is 0 Å². The molecule has 0 saturated heterocycles. The first-order valence-electron chi connectivity index (χ1n) is 8.77. The normalized spacial score (nSPS) is 16.6. The molecule has 1 aromatic heterocycles. The van der Waals surface area contributed by atoms with Crippen molar-refractivity contribution < 1.29 is 36.6 Å². The maximum absolute atomic E-state index is 13.0. The number of aliphatic hydroxyl groups is 1. The maximum atomic E-state index is 13.0. The van der Waals surface area contributed by atoms with Crippen LogP contribution >= 0.6 is 0 Å². The number of benzene rings is 1. The van der Waals surface area contributed by atoms with Gasteiger partial charge in [-0.2, -0.15) is 8.42 Å². The molecule has 1 unspecified atom stereocenters. The molecular formula is C19H21N2NaO8S. The first kappa shape index (κ1) is 25.3. The van der Waals surface area contributed by atoms with E-state index in [4.69, 9.17) is 9.29 Å². The van der Waals surface area contributed by atoms with Gasteiger partial charge in [0.25, 0.3) is 5.91 Å². The topological polar surface area (TPSA) is 146 Å². The Labute approximate surface area is 201 Å². The Morgan fingerprint density at radius 3 is 2.52 bits per heavy atom. The zero-order valence-corrected chi connectivity index (χ0v) is 17.2. The van der Waals surface area contributed by atoms with Crippen LogP contribution in [0.4, 0.5) is 10.5 Å². The molecule has 1 aliphatic heterocycles. The first-order chi connectivity index (χ1) is 13.9. The Hall–Kier alpha value is -1.99. The number of anilines is 1. The van der Waals surface area contributed by atoms with E-state index in [-0.39, 0.29) is 40.8 Å². The summed E-state index contributed by atoms with van der Waals surface area (Å²) in [5.74, 6) is -3.17. The molecule has 3 rings (SSSR count). The summed E-state index contributed by atoms with van der Waals surface area (Å²) in [5, 5.41) is 9.83. The molecule has 2 amide bonds. The van der Waals surface area contributed by atoms with Gasteiger partial charge < -0.3 is 14.8 Å². The van der Waals surface area contributed by atoms with Gasteiger partial charge in [0.05, 0.1) is 11.3 Å². The quantitative estimate of drug-likeness (QED) is 0.264. The van der Waals surface area contributed by atoms with Gasteiger partial charge in [0, 0.05) is 17.0 Å². The van der Waals surface area contributed by atoms with E-state index in [1.165, 1.54) is 0 Å². The number of carbonyl (C=O) groups excluding carboxylic acids is 2. The number of ether oxygens (including phenoxy) is 1. The van der Waals surface area contributed by atoms with Gasteiger partial charge in [-0.25, -0.2) is 13.9 Å². The summed E-state index contributed by atoms with van der Waals surface area (Å²) in [6.07, 6.45) is 0.489. The number of nitrogens with zero attached hydrogens (tertiary/aromatic N) is 1. The summed E-state index contributed by atoms with van der Waals surface area (Å²) < 4.78 is 39.1. The van der Waals surface area contributed by atoms with Gasteiger partial charge >= 0.3 is 46.0 Å². The van der Waals surface area contributed by atoms with Gasteiger partial charge in [-0.1, -0.05) is 18.2 Å². The third-order valence-corrected chi connectivity index (χ3v) is 4.85. The van der Waals surface area contributed by atoms with Crippen molar-refractivity contribution in [2.75, 3.05) is 11.5 Å². The standard InChI is InChI=1S/C19H20N2O8S.Na.H/c1-11-8-12(2)20-15(11)9-14-13-6-4-5-7-16(13)21(17(14)22)18(23)28-10-19(3,24)29-30(25,26)27;;/h4-9,20,24H,10H2,1-3H3,(H,25,26,27);;/b14-9-;;. The van der Waals surface area contributed by atoms with Crippen molar-refractivity contribution in [2.24, 2.45) is 0 Å². The Balaban J connectivity index is 0.00000341. The monoisotopic (exact) mass is 460 g/mol. The fourth-order valence-electron chi connectivity index (χ4n) is 3.12. The molecule has 0 fully saturated rings. The number of aryl methyl sites for hydroxylation is 2. The van der Waals surface area contributed by atoms with Crippen LogP contribution in [0.1, 0.15) is 29.4 Å². The minimum absolute atomic E-state index is 0. The molecule has 1 aromatic carbocycles. The van der Waals surface area contributed by atoms with Crippen molar-refractivity contribution in [3.8, 4) is 0 Å². The predicted octanol–water partition coefficient (Wildman–Crippen LogP) is 1.53. The number of rotatable bonds is 5. The van der Waals surface area contributed by atoms with Crippen LogP contribution in [0.2, 0.25) is 0 Å². The molecule has 1 atom stereocenters. The van der Waals surface area contributed by atoms with E-state index in [0.717, 1.165) is 23.1 Å². The number of carbonyl (C=O) groups is 2. The number of H-pyrrole nitrogens is 1. The third kappa shape index (κ3) is 5.83. The number of amides is 2. The van der Waals surface area contributed by atoms with E-state index in [1.54, 1.807) is 30.3 Å². The molecule has 12 heteroatoms. The number of imide groups is 1. The second-order valence-corrected chi connectivity index (χ2v) is 8.03. The number of aromatic nitrogens is 1. The van der Waals surface area contributed by atoms with Gasteiger partial charge in [0.1, 0.15) is 6.61 Å². The average molecular weight is 460 g/mol. The minimum atomic E-state index is -4.99. The zero-order chi connectivity index (χ0) is 22.3. The van der Waals surface area contributed by atoms with Crippen molar-refractivity contribution in [1.29, 1.82) is 0 Å². The van der Waals surface area contributed by atoms with Gasteiger partial charge in [0.15, 0.2) is 0 Å². The van der Waals surface area contributed by atoms with Crippen molar-refractivity contribution in [2.45, 2.75) is 26.6 Å². The predicted molar refractivity (Wildman–Crippen MR) is 114 cm³/mol. The Kier molecular flexibility index (Phi) is 7.54. The van der Waals surface area contributed by atoms with Crippen LogP contribution < -0.4 is 4.90 Å². The molecule has 0 bridgehead atoms. The SMILES string of the molecule is Cc1cc(C)c(/C=C2\C(=O)N(C(=O)OCC(C)(O)OS(=O)(=O)O)c3ccccc32)[nH]1.[NaH]. The van der Waals surface area contributed by atoms with Crippen LogP contribution in [0.5, 0.6) is 0 Å². The number of hydrogen-bond acceptors (Lipinski definition) is 7. The molecule has 0 saturated carbocycles. The van der Waals surface area contributed by atoms with Crippen molar-refractivity contribution in [3.05, 3.63) is 52.8 Å². The average Bonchev–Trinajstić information content (AvgIpc) is 3.07. The van der Waals surface area contributed by atoms with Crippen LogP contribution in [0.3, 0.4) is 0 Å². The molecule has 31 heavy (non-hydrogen) atoms. The number of aromatic amines is 1. The van der Waals surface area contributed by atoms with Gasteiger partial charge in [-0.3, -0.25) is 9.35 Å². The molecule has 0 aliphatic carbocycles. The summed E-state index contributed by atoms with van der Waals surface area (Å²) >= 11 is 0. The first-order valence-corrected chi connectivity index (χ1v) is 10.1. The second kappa shape index (κ2) is 9.25. The molecule has 0 spiro atoms. The van der Waals surface area contributed by atoms with Crippen LogP contribution in [0.15, 0.2) is 30.3 Å². The summed E-state index contributed by atoms with van der Waals surface area (Å²) in [6.45, 7) is 3.68. The molecule has 3 N–H and O–H groups in total. The molecule has 1 aliphatic rings. The van der Waals surface area contributed by atoms with Crippen LogP contribution in [0.25, 0.3) is 11.6 Å². The summed E-state index contributed by atoms with van der Waals surface area (Å²) in [7, 11) is -4.99. The van der Waals surface area contributed by atoms with Crippen LogP contribution in [-0.4, -0.2) is 77.0 Å². The fraction of sp³-hybridized carbons (Fsp3) is 0.263. The third-order valence-electron chi connectivity index (χ3n) is 4.28. The van der Waals surface area contributed by atoms with Crippen LogP contribution in [-0.2, 0) is 24.1 Å². The summed E-state index contributed by atoms with van der Waals surface area (Å²) in [6, 6.07) is 8.49. The van der Waals surface area contributed by atoms with Crippen molar-refractivity contribution in [3.63, 3.8) is 0 Å². The van der Waals surface area contributed by atoms with E-state index >= 15 is 0 Å². The Morgan fingerprint density at radius 2 is 1.94 bits per heavy atom. The molecule has 10 nitrogen and oxygen atoms in total. The van der Waals surface area contributed by atoms with E-state index in [2.05, 4.69) is 9.17 Å². The number of fused-ring (bicyclic) bond motifs is 1. The van der Waals surface area contributed by atoms with E-state index in [1.807, 2.05) is 19.9 Å². The fourth-order valence-corrected chi connectivity index (χ4v) is 3.62. The zero-order valence-electron chi connectivity index (χ0n) is 16.4. The molecule has 162 valence electrons. The van der Waals surface area contributed by atoms with E-state index in [0.29, 0.717) is 11.3 Å². The molecule has 2 aromatic rings. The second-order valence-electron chi connectivity index (χ2n) is 7.01. The number of nitrogens with one attached hydrogen (secondary N) is 1. The number of para-hydroxylation sites is 1. The van der Waals surface area contributed by atoms with Gasteiger partial charge in [-0.05, 0) is 44.5 Å². The number of hydrogen-bond donors (Lipinski definition) is 3. The molecular weight excluding hydrogens is 439 g/mol. The molecule has 0 radical (unpaired) electrons. The summed E-state index contributed by atoms with van der Waals surface area (Å²) in [4.78, 5) is 29.5. The summed E-state index contributed by atoms with van der Waals surface area (Å²) in [5.41, 5.74) is 3.58. The van der Waals surface area contributed by atoms with E-state index in [9.17, 15) is 23.1 Å².